The Bertz CT molecular complexity index is 1920. The van der Waals surface area contributed by atoms with Crippen LogP contribution in [0.2, 0.25) is 0 Å². The molecule has 0 bridgehead atoms. The summed E-state index contributed by atoms with van der Waals surface area (Å²) < 4.78 is 19.0. The summed E-state index contributed by atoms with van der Waals surface area (Å²) in [6, 6.07) is 18.9. The molecule has 6 heteroatoms. The summed E-state index contributed by atoms with van der Waals surface area (Å²) in [4.78, 5) is 15.8. The van der Waals surface area contributed by atoms with E-state index in [1.807, 2.05) is 12.1 Å². The molecule has 0 aliphatic carbocycles. The van der Waals surface area contributed by atoms with Crippen LogP contribution in [0.4, 0.5) is 0 Å². The molecule has 1 atom stereocenters. The maximum atomic E-state index is 15.8. The van der Waals surface area contributed by atoms with Crippen molar-refractivity contribution in [2.24, 2.45) is 0 Å². The summed E-state index contributed by atoms with van der Waals surface area (Å²) in [6.07, 6.45) is 0. The summed E-state index contributed by atoms with van der Waals surface area (Å²) in [7, 11) is -1.86. The fraction of sp³-hybridized carbons (Fsp3) is 0.556. The highest BCUT2D eigenvalue weighted by Crippen LogP contribution is 2.38. The minimum Gasteiger partial charge on any atom is -0.497 e. The maximum absolute atomic E-state index is 15.8. The van der Waals surface area contributed by atoms with Gasteiger partial charge in [-0.25, -0.2) is 0 Å². The quantitative estimate of drug-likeness (QED) is 0.108. The number of benzene rings is 4. The van der Waals surface area contributed by atoms with E-state index in [1.165, 1.54) is 60.4 Å². The molecule has 330 valence electrons. The van der Waals surface area contributed by atoms with Gasteiger partial charge in [0.05, 0.1) is 26.5 Å². The van der Waals surface area contributed by atoms with Crippen LogP contribution < -0.4 is 35.0 Å². The summed E-state index contributed by atoms with van der Waals surface area (Å²) >= 11 is 0. The monoisotopic (exact) mass is 851 g/mol. The van der Waals surface area contributed by atoms with Crippen molar-refractivity contribution in [2.45, 2.75) is 178 Å². The molecule has 0 spiro atoms. The van der Waals surface area contributed by atoms with Crippen LogP contribution >= 0.6 is 0 Å². The number of ether oxygens (including phenoxy) is 3. The van der Waals surface area contributed by atoms with Gasteiger partial charge in [-0.3, -0.25) is 0 Å². The lowest BCUT2D eigenvalue weighted by molar-refractivity contribution is 0.378. The van der Waals surface area contributed by atoms with Crippen LogP contribution in [0.1, 0.15) is 228 Å². The van der Waals surface area contributed by atoms with Crippen LogP contribution in [0.3, 0.4) is 0 Å². The molecule has 0 heterocycles. The second kappa shape index (κ2) is 19.8. The smallest absolute Gasteiger partial charge is 0.252 e. The van der Waals surface area contributed by atoms with E-state index < -0.39 is 16.1 Å². The topological polar surface area (TPSA) is 47.9 Å². The molecule has 0 aliphatic rings. The Morgan fingerprint density at radius 1 is 0.367 bits per heavy atom. The number of methoxy groups -OCH3 is 3. The van der Waals surface area contributed by atoms with E-state index in [4.69, 9.17) is 14.2 Å². The molecule has 0 amide bonds. The standard InChI is InChI=1S/C54H82O4Si2/c1-30(2)39-22-43(33(7)8)51(44(23-39)34(9)10)59(52-45(35(11)12)24-40(31(3)4)25-46(52)36(13)14)60(55,54-49(57-20)28-42(56-19)29-50(54)58-21)53-47(37(15)16)26-41(32(5)6)27-48(53)38(17)18/h22-38,55,59H,1-21H3/t60-/m0/s1. The van der Waals surface area contributed by atoms with Gasteiger partial charge in [0.2, 0.25) is 0 Å². The van der Waals surface area contributed by atoms with Crippen molar-refractivity contribution < 1.29 is 19.0 Å². The van der Waals surface area contributed by atoms with Gasteiger partial charge in [-0.1, -0.05) is 171 Å². The largest absolute Gasteiger partial charge is 0.497 e. The Morgan fingerprint density at radius 3 is 0.850 bits per heavy atom. The van der Waals surface area contributed by atoms with Gasteiger partial charge in [0.1, 0.15) is 25.6 Å². The predicted molar refractivity (Wildman–Crippen MR) is 266 cm³/mol. The van der Waals surface area contributed by atoms with Crippen molar-refractivity contribution in [3.05, 3.63) is 98.6 Å². The molecular formula is C54H82O4Si2. The SMILES string of the molecule is COc1cc(OC)c([Si@](O)(c2c(C(C)C)cc(C(C)C)cc2C(C)C)[SiH](c2c(C(C)C)cc(C(C)C)cc2C(C)C)c2c(C(C)C)cc(C(C)C)cc2C(C)C)c(OC)c1. The Morgan fingerprint density at radius 2 is 0.633 bits per heavy atom. The van der Waals surface area contributed by atoms with Crippen molar-refractivity contribution in [2.75, 3.05) is 21.3 Å². The van der Waals surface area contributed by atoms with Gasteiger partial charge in [0.25, 0.3) is 7.83 Å². The second-order valence-electron chi connectivity index (χ2n) is 20.3. The van der Waals surface area contributed by atoms with Crippen LogP contribution in [0, 0.1) is 0 Å². The van der Waals surface area contributed by atoms with Crippen LogP contribution in [-0.4, -0.2) is 42.3 Å². The first kappa shape index (κ1) is 49.3. The van der Waals surface area contributed by atoms with Gasteiger partial charge < -0.3 is 19.0 Å². The summed E-state index contributed by atoms with van der Waals surface area (Å²) in [5.74, 6) is 4.14. The highest BCUT2D eigenvalue weighted by Gasteiger charge is 2.56. The Balaban J connectivity index is 2.67. The third-order valence-electron chi connectivity index (χ3n) is 13.0. The first-order valence-corrected chi connectivity index (χ1v) is 27.9. The second-order valence-corrected chi connectivity index (χ2v) is 29.1. The normalized spacial score (nSPS) is 13.5. The fourth-order valence-corrected chi connectivity index (χ4v) is 25.2. The van der Waals surface area contributed by atoms with Gasteiger partial charge in [-0.05, 0) is 109 Å². The van der Waals surface area contributed by atoms with Crippen LogP contribution in [-0.2, 0) is 0 Å². The number of hydrogen-bond donors (Lipinski definition) is 1. The van der Waals surface area contributed by atoms with E-state index >= 15 is 4.80 Å². The van der Waals surface area contributed by atoms with E-state index in [9.17, 15) is 0 Å². The minimum atomic E-state index is -4.12. The first-order chi connectivity index (χ1) is 28.0. The van der Waals surface area contributed by atoms with Crippen molar-refractivity contribution in [1.82, 2.24) is 0 Å². The highest BCUT2D eigenvalue weighted by atomic mass is 29.2. The third-order valence-corrected chi connectivity index (χ3v) is 24.8. The van der Waals surface area contributed by atoms with Gasteiger partial charge >= 0.3 is 0 Å². The zero-order valence-corrected chi connectivity index (χ0v) is 43.7. The van der Waals surface area contributed by atoms with Crippen LogP contribution in [0.5, 0.6) is 17.2 Å². The molecule has 0 aromatic heterocycles. The maximum Gasteiger partial charge on any atom is 0.252 e. The third kappa shape index (κ3) is 9.51. The Kier molecular flexibility index (Phi) is 16.3. The average molecular weight is 851 g/mol. The summed E-state index contributed by atoms with van der Waals surface area (Å²) in [5.41, 5.74) is 12.0. The van der Waals surface area contributed by atoms with Crippen molar-refractivity contribution in [1.29, 1.82) is 0 Å². The molecule has 0 saturated carbocycles. The molecule has 0 unspecified atom stereocenters. The lowest BCUT2D eigenvalue weighted by atomic mass is 9.89. The van der Waals surface area contributed by atoms with Crippen molar-refractivity contribution in [3.63, 3.8) is 0 Å². The van der Waals surface area contributed by atoms with E-state index in [1.54, 1.807) is 21.3 Å². The van der Waals surface area contributed by atoms with Crippen LogP contribution in [0.15, 0.2) is 48.5 Å². The molecule has 0 radical (unpaired) electrons. The van der Waals surface area contributed by atoms with E-state index in [-0.39, 0.29) is 35.5 Å². The molecule has 0 aliphatic heterocycles. The van der Waals surface area contributed by atoms with Gasteiger partial charge in [0.15, 0.2) is 0 Å². The lowest BCUT2D eigenvalue weighted by Crippen LogP contribution is -2.79. The van der Waals surface area contributed by atoms with E-state index in [0.717, 1.165) is 10.4 Å². The van der Waals surface area contributed by atoms with Gasteiger partial charge in [0, 0.05) is 12.1 Å². The molecule has 1 N–H and O–H groups in total. The Labute approximate surface area is 369 Å². The van der Waals surface area contributed by atoms with Gasteiger partial charge in [-0.15, -0.1) is 0 Å². The molecule has 0 saturated heterocycles. The molecule has 0 fully saturated rings. The van der Waals surface area contributed by atoms with Crippen molar-refractivity contribution in [3.8, 4) is 17.2 Å². The minimum absolute atomic E-state index is 0.148. The first-order valence-electron chi connectivity index (χ1n) is 23.0. The zero-order valence-electron chi connectivity index (χ0n) is 41.6. The van der Waals surface area contributed by atoms with E-state index in [2.05, 4.69) is 161 Å². The summed E-state index contributed by atoms with van der Waals surface area (Å²) in [5, 5.41) is 4.76. The Hall–Kier alpha value is -3.33. The fourth-order valence-electron chi connectivity index (χ4n) is 9.44. The molecular weight excluding hydrogens is 769 g/mol. The zero-order chi connectivity index (χ0) is 45.3. The molecule has 4 rings (SSSR count). The number of rotatable bonds is 17. The molecule has 4 aromatic carbocycles. The van der Waals surface area contributed by atoms with Crippen molar-refractivity contribution >= 4 is 36.9 Å². The number of hydrogen-bond acceptors (Lipinski definition) is 4. The molecule has 4 nitrogen and oxygen atoms in total. The van der Waals surface area contributed by atoms with Crippen LogP contribution in [0.25, 0.3) is 0 Å². The predicted octanol–water partition coefficient (Wildman–Crippen LogP) is 12.0. The molecule has 60 heavy (non-hydrogen) atoms. The summed E-state index contributed by atoms with van der Waals surface area (Å²) in [6.45, 7) is 42.0. The molecule has 4 aromatic rings. The lowest BCUT2D eigenvalue weighted by Gasteiger charge is -2.44. The highest BCUT2D eigenvalue weighted by molar-refractivity contribution is 7.49. The average Bonchev–Trinajstić information content (AvgIpc) is 3.18. The van der Waals surface area contributed by atoms with Gasteiger partial charge in [-0.2, -0.15) is 0 Å². The van der Waals surface area contributed by atoms with E-state index in [0.29, 0.717) is 35.0 Å².